The number of amidine groups is 1. The van der Waals surface area contributed by atoms with Gasteiger partial charge in [0.25, 0.3) is 11.6 Å². The lowest BCUT2D eigenvalue weighted by atomic mass is 10.2. The Morgan fingerprint density at radius 2 is 1.71 bits per heavy atom. The molecule has 142 valence electrons. The van der Waals surface area contributed by atoms with E-state index in [0.29, 0.717) is 15.6 Å². The molecule has 0 saturated carbocycles. The molecule has 0 atom stereocenters. The van der Waals surface area contributed by atoms with E-state index in [9.17, 15) is 14.9 Å². The maximum absolute atomic E-state index is 12.1. The van der Waals surface area contributed by atoms with Crippen molar-refractivity contribution in [3.63, 3.8) is 0 Å². The van der Waals surface area contributed by atoms with Gasteiger partial charge in [-0.15, -0.1) is 5.10 Å². The van der Waals surface area contributed by atoms with Crippen LogP contribution in [0.1, 0.15) is 11.1 Å². The Labute approximate surface area is 165 Å². The molecule has 3 rings (SSSR count). The first-order chi connectivity index (χ1) is 13.4. The Balaban J connectivity index is 1.66. The van der Waals surface area contributed by atoms with E-state index < -0.39 is 4.92 Å². The van der Waals surface area contributed by atoms with Crippen molar-refractivity contribution >= 4 is 46.5 Å². The van der Waals surface area contributed by atoms with Gasteiger partial charge >= 0.3 is 0 Å². The normalized spacial score (nSPS) is 16.7. The number of carbonyl (C=O) groups is 1. The highest BCUT2D eigenvalue weighted by Gasteiger charge is 2.23. The number of hydrogen-bond acceptors (Lipinski definition) is 7. The molecule has 1 fully saturated rings. The number of benzene rings is 2. The van der Waals surface area contributed by atoms with Crippen molar-refractivity contribution in [2.45, 2.75) is 0 Å². The lowest BCUT2D eigenvalue weighted by Gasteiger charge is -2.11. The van der Waals surface area contributed by atoms with Crippen molar-refractivity contribution < 1.29 is 9.72 Å². The van der Waals surface area contributed by atoms with Crippen LogP contribution >= 0.6 is 11.8 Å². The van der Waals surface area contributed by atoms with Crippen molar-refractivity contribution in [2.24, 2.45) is 10.2 Å². The molecule has 2 aromatic rings. The van der Waals surface area contributed by atoms with E-state index in [0.717, 1.165) is 23.0 Å². The highest BCUT2D eigenvalue weighted by atomic mass is 32.2. The molecule has 0 aromatic heterocycles. The zero-order valence-electron chi connectivity index (χ0n) is 15.2. The summed E-state index contributed by atoms with van der Waals surface area (Å²) < 4.78 is 0. The lowest BCUT2D eigenvalue weighted by Crippen LogP contribution is -2.19. The number of rotatable bonds is 5. The highest BCUT2D eigenvalue weighted by Crippen LogP contribution is 2.26. The fourth-order valence-corrected chi connectivity index (χ4v) is 3.10. The molecular weight excluding hydrogens is 378 g/mol. The molecule has 0 bridgehead atoms. The standard InChI is InChI=1S/C19H17N5O3S/c1-23(2)15-7-5-14(6-8-15)12-20-22-19-21-18(25)17(28-19)11-13-3-9-16(10-4-13)24(26)27/h3-12H,1-2H3,(H,21,22,25)/b17-11+,20-12+. The fraction of sp³-hybridized carbons (Fsp3) is 0.105. The Kier molecular flexibility index (Phi) is 5.85. The van der Waals surface area contributed by atoms with E-state index in [1.54, 1.807) is 24.4 Å². The monoisotopic (exact) mass is 395 g/mol. The number of non-ortho nitro benzene ring substituents is 1. The van der Waals surface area contributed by atoms with E-state index in [1.807, 2.05) is 43.3 Å². The lowest BCUT2D eigenvalue weighted by molar-refractivity contribution is -0.384. The molecule has 1 aliphatic rings. The quantitative estimate of drug-likeness (QED) is 0.362. The number of nitro benzene ring substituents is 1. The Morgan fingerprint density at radius 3 is 2.32 bits per heavy atom. The van der Waals surface area contributed by atoms with Gasteiger partial charge in [0.15, 0.2) is 5.17 Å². The third-order valence-electron chi connectivity index (χ3n) is 3.82. The summed E-state index contributed by atoms with van der Waals surface area (Å²) in [7, 11) is 3.94. The van der Waals surface area contributed by atoms with Gasteiger partial charge in [-0.25, -0.2) is 0 Å². The molecule has 0 radical (unpaired) electrons. The molecule has 1 aliphatic heterocycles. The summed E-state index contributed by atoms with van der Waals surface area (Å²) in [4.78, 5) is 24.7. The number of thioether (sulfide) groups is 1. The smallest absolute Gasteiger partial charge is 0.269 e. The highest BCUT2D eigenvalue weighted by molar-refractivity contribution is 8.18. The number of carbonyl (C=O) groups excluding carboxylic acids is 1. The van der Waals surface area contributed by atoms with Gasteiger partial charge in [0.05, 0.1) is 16.0 Å². The predicted molar refractivity (Wildman–Crippen MR) is 113 cm³/mol. The molecule has 1 N–H and O–H groups in total. The molecule has 1 heterocycles. The van der Waals surface area contributed by atoms with Crippen molar-refractivity contribution in [1.29, 1.82) is 0 Å². The van der Waals surface area contributed by atoms with Crippen molar-refractivity contribution in [3.8, 4) is 0 Å². The van der Waals surface area contributed by atoms with Gasteiger partial charge in [0, 0.05) is 31.9 Å². The van der Waals surface area contributed by atoms with Gasteiger partial charge in [-0.1, -0.05) is 12.1 Å². The van der Waals surface area contributed by atoms with Crippen LogP contribution in [0, 0.1) is 10.1 Å². The van der Waals surface area contributed by atoms with Gasteiger partial charge in [-0.2, -0.15) is 5.10 Å². The summed E-state index contributed by atoms with van der Waals surface area (Å²) >= 11 is 1.16. The molecule has 0 unspecified atom stereocenters. The topological polar surface area (TPSA) is 100 Å². The average Bonchev–Trinajstić information content (AvgIpc) is 3.02. The number of nitrogens with one attached hydrogen (secondary N) is 1. The Morgan fingerprint density at radius 1 is 1.07 bits per heavy atom. The number of anilines is 1. The summed E-state index contributed by atoms with van der Waals surface area (Å²) in [6, 6.07) is 13.8. The van der Waals surface area contributed by atoms with Crippen LogP contribution in [0.5, 0.6) is 0 Å². The molecule has 9 heteroatoms. The zero-order valence-corrected chi connectivity index (χ0v) is 16.0. The minimum Gasteiger partial charge on any atom is -0.378 e. The van der Waals surface area contributed by atoms with E-state index in [1.165, 1.54) is 12.1 Å². The summed E-state index contributed by atoms with van der Waals surface area (Å²) in [6.45, 7) is 0. The van der Waals surface area contributed by atoms with Gasteiger partial charge in [-0.05, 0) is 53.2 Å². The second-order valence-electron chi connectivity index (χ2n) is 6.05. The minimum absolute atomic E-state index is 0.000814. The van der Waals surface area contributed by atoms with Gasteiger partial charge < -0.3 is 4.90 Å². The summed E-state index contributed by atoms with van der Waals surface area (Å²) in [5.74, 6) is -0.285. The molecule has 1 amide bonds. The van der Waals surface area contributed by atoms with Crippen LogP contribution in [0.25, 0.3) is 6.08 Å². The van der Waals surface area contributed by atoms with Crippen LogP contribution < -0.4 is 10.2 Å². The van der Waals surface area contributed by atoms with E-state index in [2.05, 4.69) is 15.5 Å². The maximum Gasteiger partial charge on any atom is 0.269 e. The largest absolute Gasteiger partial charge is 0.378 e. The first-order valence-corrected chi connectivity index (χ1v) is 9.08. The molecule has 8 nitrogen and oxygen atoms in total. The minimum atomic E-state index is -0.467. The number of nitro groups is 1. The van der Waals surface area contributed by atoms with Gasteiger partial charge in [0.2, 0.25) is 0 Å². The second kappa shape index (κ2) is 8.49. The molecule has 1 saturated heterocycles. The summed E-state index contributed by atoms with van der Waals surface area (Å²) in [5, 5.41) is 21.8. The van der Waals surface area contributed by atoms with Crippen molar-refractivity contribution in [2.75, 3.05) is 19.0 Å². The Bertz CT molecular complexity index is 980. The van der Waals surface area contributed by atoms with Crippen LogP contribution in [0.4, 0.5) is 11.4 Å². The Hall–Kier alpha value is -3.46. The summed E-state index contributed by atoms with van der Waals surface area (Å²) in [5.41, 5.74) is 2.67. The third-order valence-corrected chi connectivity index (χ3v) is 4.72. The van der Waals surface area contributed by atoms with E-state index in [4.69, 9.17) is 0 Å². The predicted octanol–water partition coefficient (Wildman–Crippen LogP) is 3.25. The van der Waals surface area contributed by atoms with Gasteiger partial charge in [-0.3, -0.25) is 20.2 Å². The van der Waals surface area contributed by atoms with Crippen LogP contribution in [0.2, 0.25) is 0 Å². The molecule has 2 aromatic carbocycles. The van der Waals surface area contributed by atoms with Crippen molar-refractivity contribution in [1.82, 2.24) is 5.32 Å². The molecule has 0 aliphatic carbocycles. The van der Waals surface area contributed by atoms with Gasteiger partial charge in [0.1, 0.15) is 0 Å². The van der Waals surface area contributed by atoms with E-state index >= 15 is 0 Å². The molecule has 0 spiro atoms. The third kappa shape index (κ3) is 4.83. The molecule has 28 heavy (non-hydrogen) atoms. The first-order valence-electron chi connectivity index (χ1n) is 8.26. The number of amides is 1. The van der Waals surface area contributed by atoms with Crippen LogP contribution in [0.15, 0.2) is 63.6 Å². The first kappa shape index (κ1) is 19.3. The van der Waals surface area contributed by atoms with Crippen LogP contribution in [0.3, 0.4) is 0 Å². The molecular formula is C19H17N5O3S. The van der Waals surface area contributed by atoms with E-state index in [-0.39, 0.29) is 11.6 Å². The summed E-state index contributed by atoms with van der Waals surface area (Å²) in [6.07, 6.45) is 3.26. The number of hydrogen-bond donors (Lipinski definition) is 1. The zero-order chi connectivity index (χ0) is 20.1. The average molecular weight is 395 g/mol. The fourth-order valence-electron chi connectivity index (χ4n) is 2.33. The second-order valence-corrected chi connectivity index (χ2v) is 7.08. The SMILES string of the molecule is CN(C)c1ccc(/C=N/N=C2\NC(=O)/C(=C\c3ccc([N+](=O)[O-])cc3)S2)cc1. The van der Waals surface area contributed by atoms with Crippen LogP contribution in [-0.4, -0.2) is 36.3 Å². The van der Waals surface area contributed by atoms with Crippen molar-refractivity contribution in [3.05, 3.63) is 74.7 Å². The maximum atomic E-state index is 12.1. The number of nitrogens with zero attached hydrogens (tertiary/aromatic N) is 4. The van der Waals surface area contributed by atoms with Crippen LogP contribution in [-0.2, 0) is 4.79 Å².